The number of pyridine rings is 2. The van der Waals surface area contributed by atoms with Gasteiger partial charge in [0.1, 0.15) is 11.8 Å². The van der Waals surface area contributed by atoms with Crippen LogP contribution in [0.3, 0.4) is 0 Å². The number of nitrogen functional groups attached to an aromatic ring is 1. The fraction of sp³-hybridized carbons (Fsp3) is 0.194. The van der Waals surface area contributed by atoms with E-state index in [2.05, 4.69) is 27.2 Å². The minimum atomic E-state index is -0.976. The lowest BCUT2D eigenvalue weighted by molar-refractivity contribution is -0.143. The van der Waals surface area contributed by atoms with Crippen molar-refractivity contribution in [2.24, 2.45) is 5.84 Å². The smallest absolute Gasteiger partial charge is 0.326 e. The van der Waals surface area contributed by atoms with Crippen LogP contribution >= 0.6 is 0 Å². The normalized spacial score (nSPS) is 14.6. The summed E-state index contributed by atoms with van der Waals surface area (Å²) in [5.74, 6) is 10.4. The Morgan fingerprint density at radius 2 is 1.88 bits per heavy atom. The molecule has 4 N–H and O–H groups in total. The van der Waals surface area contributed by atoms with E-state index >= 15 is 0 Å². The molecule has 2 aromatic carbocycles. The maximum atomic E-state index is 13.0. The lowest BCUT2D eigenvalue weighted by Crippen LogP contribution is -2.47. The number of nitrogens with one attached hydrogen (secondary N) is 1. The summed E-state index contributed by atoms with van der Waals surface area (Å²) in [6, 6.07) is 14.8. The van der Waals surface area contributed by atoms with Gasteiger partial charge >= 0.3 is 5.97 Å². The lowest BCUT2D eigenvalue weighted by Gasteiger charge is -2.33. The van der Waals surface area contributed by atoms with Crippen molar-refractivity contribution >= 4 is 28.7 Å². The molecular weight excluding hydrogens is 522 g/mol. The van der Waals surface area contributed by atoms with Gasteiger partial charge in [-0.25, -0.2) is 15.6 Å². The minimum Gasteiger partial charge on any atom is -0.495 e. The fourth-order valence-corrected chi connectivity index (χ4v) is 4.87. The van der Waals surface area contributed by atoms with E-state index in [0.717, 1.165) is 18.4 Å². The number of hydrazine groups is 1. The predicted molar refractivity (Wildman–Crippen MR) is 152 cm³/mol. The molecule has 0 saturated carbocycles. The van der Waals surface area contributed by atoms with Crippen molar-refractivity contribution in [3.8, 4) is 28.8 Å². The lowest BCUT2D eigenvalue weighted by atomic mass is 10.0. The van der Waals surface area contributed by atoms with Crippen molar-refractivity contribution in [1.29, 1.82) is 0 Å². The number of carbonyl (C=O) groups is 3. The first-order valence-corrected chi connectivity index (χ1v) is 13.0. The first-order valence-electron chi connectivity index (χ1n) is 13.0. The number of hydrogen-bond acceptors (Lipinski definition) is 7. The molecule has 0 bridgehead atoms. The highest BCUT2D eigenvalue weighted by Gasteiger charge is 2.32. The van der Waals surface area contributed by atoms with Crippen LogP contribution in [0, 0.1) is 11.8 Å². The van der Waals surface area contributed by atoms with Gasteiger partial charge in [0, 0.05) is 41.0 Å². The molecular formula is C31H27N5O5. The SMILES string of the molecule is COc1cc(-c2cc(C(=O)NN)c3cnccc3n2)ccc1C#Cc1ccc(C(=O)N2CCCCC2C(=O)O)cc1. The molecule has 2 aromatic heterocycles. The van der Waals surface area contributed by atoms with Gasteiger partial charge in [-0.05, 0) is 67.8 Å². The third-order valence-electron chi connectivity index (χ3n) is 7.01. The summed E-state index contributed by atoms with van der Waals surface area (Å²) in [5.41, 5.74) is 6.13. The fourth-order valence-electron chi connectivity index (χ4n) is 4.87. The predicted octanol–water partition coefficient (Wildman–Crippen LogP) is 3.39. The van der Waals surface area contributed by atoms with Gasteiger partial charge < -0.3 is 14.7 Å². The number of nitrogens with zero attached hydrogens (tertiary/aromatic N) is 3. The number of carboxylic acid groups (broad SMARTS) is 1. The molecule has 0 aliphatic carbocycles. The number of piperidine rings is 1. The Morgan fingerprint density at radius 3 is 2.61 bits per heavy atom. The van der Waals surface area contributed by atoms with E-state index in [4.69, 9.17) is 10.6 Å². The Bertz CT molecular complexity index is 1710. The van der Waals surface area contributed by atoms with Crippen LogP contribution in [0.4, 0.5) is 0 Å². The molecule has 3 heterocycles. The van der Waals surface area contributed by atoms with E-state index in [9.17, 15) is 19.5 Å². The van der Waals surface area contributed by atoms with E-state index in [0.29, 0.717) is 57.6 Å². The number of aromatic nitrogens is 2. The van der Waals surface area contributed by atoms with Crippen LogP contribution in [-0.4, -0.2) is 57.5 Å². The number of methoxy groups -OCH3 is 1. The second-order valence-electron chi connectivity index (χ2n) is 9.51. The van der Waals surface area contributed by atoms with Crippen LogP contribution in [0.5, 0.6) is 5.75 Å². The van der Waals surface area contributed by atoms with E-state index in [1.165, 1.54) is 4.90 Å². The zero-order chi connectivity index (χ0) is 28.9. The van der Waals surface area contributed by atoms with Crippen LogP contribution in [0.25, 0.3) is 22.2 Å². The molecule has 10 heteroatoms. The summed E-state index contributed by atoms with van der Waals surface area (Å²) in [6.45, 7) is 0.431. The van der Waals surface area contributed by atoms with Crippen molar-refractivity contribution in [1.82, 2.24) is 20.3 Å². The summed E-state index contributed by atoms with van der Waals surface area (Å²) in [4.78, 5) is 47.2. The van der Waals surface area contributed by atoms with Crippen molar-refractivity contribution in [2.75, 3.05) is 13.7 Å². The third-order valence-corrected chi connectivity index (χ3v) is 7.01. The van der Waals surface area contributed by atoms with Crippen LogP contribution in [0.15, 0.2) is 67.0 Å². The number of amides is 2. The van der Waals surface area contributed by atoms with Gasteiger partial charge in [-0.1, -0.05) is 17.9 Å². The molecule has 206 valence electrons. The summed E-state index contributed by atoms with van der Waals surface area (Å²) in [7, 11) is 1.54. The molecule has 1 aliphatic rings. The first kappa shape index (κ1) is 27.3. The largest absolute Gasteiger partial charge is 0.495 e. The number of nitrogens with two attached hydrogens (primary N) is 1. The number of carbonyl (C=O) groups excluding carboxylic acids is 2. The molecule has 5 rings (SSSR count). The number of rotatable bonds is 5. The van der Waals surface area contributed by atoms with E-state index in [1.54, 1.807) is 62.0 Å². The Labute approximate surface area is 236 Å². The second-order valence-corrected chi connectivity index (χ2v) is 9.51. The van der Waals surface area contributed by atoms with Gasteiger partial charge in [-0.3, -0.25) is 20.0 Å². The third kappa shape index (κ3) is 5.71. The van der Waals surface area contributed by atoms with E-state index < -0.39 is 17.9 Å². The van der Waals surface area contributed by atoms with Crippen molar-refractivity contribution in [2.45, 2.75) is 25.3 Å². The molecule has 4 aromatic rings. The molecule has 1 fully saturated rings. The van der Waals surface area contributed by atoms with Crippen molar-refractivity contribution in [3.05, 3.63) is 89.2 Å². The number of hydrogen-bond donors (Lipinski definition) is 3. The number of benzene rings is 2. The van der Waals surface area contributed by atoms with Gasteiger partial charge in [-0.2, -0.15) is 0 Å². The Hall–Kier alpha value is -5.27. The molecule has 41 heavy (non-hydrogen) atoms. The summed E-state index contributed by atoms with van der Waals surface area (Å²) < 4.78 is 5.59. The quantitative estimate of drug-likeness (QED) is 0.149. The maximum Gasteiger partial charge on any atom is 0.326 e. The summed E-state index contributed by atoms with van der Waals surface area (Å²) in [5, 5.41) is 10.1. The number of aliphatic carboxylic acids is 1. The van der Waals surface area contributed by atoms with Crippen LogP contribution in [-0.2, 0) is 4.79 Å². The second kappa shape index (κ2) is 11.9. The van der Waals surface area contributed by atoms with Gasteiger partial charge in [-0.15, -0.1) is 0 Å². The average molecular weight is 550 g/mol. The monoisotopic (exact) mass is 549 g/mol. The minimum absolute atomic E-state index is 0.292. The molecule has 0 radical (unpaired) electrons. The van der Waals surface area contributed by atoms with Crippen molar-refractivity contribution < 1.29 is 24.2 Å². The Balaban J connectivity index is 1.39. The number of carboxylic acids is 1. The number of ether oxygens (including phenoxy) is 1. The zero-order valence-corrected chi connectivity index (χ0v) is 22.3. The van der Waals surface area contributed by atoms with E-state index in [-0.39, 0.29) is 5.91 Å². The molecule has 2 amide bonds. The Kier molecular flexibility index (Phi) is 7.90. The molecule has 1 aliphatic heterocycles. The topological polar surface area (TPSA) is 148 Å². The highest BCUT2D eigenvalue weighted by atomic mass is 16.5. The molecule has 1 saturated heterocycles. The molecule has 1 atom stereocenters. The molecule has 1 unspecified atom stereocenters. The van der Waals surface area contributed by atoms with Crippen LogP contribution in [0.1, 0.15) is 51.1 Å². The van der Waals surface area contributed by atoms with Crippen LogP contribution in [0.2, 0.25) is 0 Å². The number of fused-ring (bicyclic) bond motifs is 1. The van der Waals surface area contributed by atoms with E-state index in [1.807, 2.05) is 12.1 Å². The highest BCUT2D eigenvalue weighted by Crippen LogP contribution is 2.29. The Morgan fingerprint density at radius 1 is 1.07 bits per heavy atom. The average Bonchev–Trinajstić information content (AvgIpc) is 3.02. The van der Waals surface area contributed by atoms with Crippen LogP contribution < -0.4 is 16.0 Å². The highest BCUT2D eigenvalue weighted by molar-refractivity contribution is 6.06. The van der Waals surface area contributed by atoms with Gasteiger partial charge in [0.15, 0.2) is 0 Å². The standard InChI is InChI=1S/C31H27N5O5/c1-41-28-16-22(26-17-23(29(37)35-32)24-18-33-14-13-25(24)34-26)12-11-20(28)8-5-19-6-9-21(10-7-19)30(38)36-15-3-2-4-27(36)31(39)40/h6-7,9-14,16-18,27H,2-4,15,32H2,1H3,(H,35,37)(H,39,40). The van der Waals surface area contributed by atoms with Gasteiger partial charge in [0.05, 0.1) is 29.4 Å². The van der Waals surface area contributed by atoms with Gasteiger partial charge in [0.2, 0.25) is 0 Å². The van der Waals surface area contributed by atoms with Gasteiger partial charge in [0.25, 0.3) is 11.8 Å². The molecule has 10 nitrogen and oxygen atoms in total. The maximum absolute atomic E-state index is 13.0. The zero-order valence-electron chi connectivity index (χ0n) is 22.3. The summed E-state index contributed by atoms with van der Waals surface area (Å²) >= 11 is 0. The molecule has 0 spiro atoms. The summed E-state index contributed by atoms with van der Waals surface area (Å²) in [6.07, 6.45) is 5.22. The van der Waals surface area contributed by atoms with Crippen molar-refractivity contribution in [3.63, 3.8) is 0 Å². The first-order chi connectivity index (χ1) is 19.9. The number of likely N-dealkylation sites (tertiary alicyclic amines) is 1.